The minimum absolute atomic E-state index is 0.976. The van der Waals surface area contributed by atoms with Gasteiger partial charge in [0.25, 0.3) is 0 Å². The van der Waals surface area contributed by atoms with Crippen molar-refractivity contribution in [3.8, 4) is 0 Å². The van der Waals surface area contributed by atoms with Crippen LogP contribution in [0.25, 0.3) is 0 Å². The minimum atomic E-state index is -0.976. The highest BCUT2D eigenvalue weighted by atomic mass is 16.4. The molecule has 1 aliphatic rings. The van der Waals surface area contributed by atoms with Gasteiger partial charge in [0.05, 0.1) is 0 Å². The van der Waals surface area contributed by atoms with Gasteiger partial charge in [0.15, 0.2) is 0 Å². The topological polar surface area (TPSA) is 40.5 Å². The highest BCUT2D eigenvalue weighted by Crippen LogP contribution is 1.97. The average Bonchev–Trinajstić information content (AvgIpc) is 2.12. The van der Waals surface area contributed by atoms with E-state index in [0.717, 1.165) is 4.90 Å². The van der Waals surface area contributed by atoms with Crippen LogP contribution in [0.5, 0.6) is 0 Å². The van der Waals surface area contributed by atoms with Gasteiger partial charge in [-0.25, -0.2) is 4.79 Å². The molecule has 0 bridgehead atoms. The molecule has 0 radical (unpaired) electrons. The molecular weight excluding hydrogens is 130 g/mol. The van der Waals surface area contributed by atoms with Crippen LogP contribution in [0.2, 0.25) is 0 Å². The van der Waals surface area contributed by atoms with E-state index in [1.807, 2.05) is 0 Å². The fraction of sp³-hybridized carbons (Fsp3) is 0. The van der Waals surface area contributed by atoms with E-state index in [4.69, 9.17) is 5.11 Å². The fourth-order valence-corrected chi connectivity index (χ4v) is 0.590. The quantitative estimate of drug-likeness (QED) is 0.550. The van der Waals surface area contributed by atoms with E-state index in [2.05, 4.69) is 0 Å². The Labute approximate surface area is 58.6 Å². The van der Waals surface area contributed by atoms with Gasteiger partial charge in [-0.05, 0) is 12.2 Å². The standard InChI is InChI=1S/C7H7NO2/c9-7(10)8-5-3-1-2-4-6-8/h1-6H,(H,9,10). The average molecular weight is 137 g/mol. The van der Waals surface area contributed by atoms with Crippen LogP contribution in [-0.2, 0) is 0 Å². The molecular formula is C7H7NO2. The van der Waals surface area contributed by atoms with Gasteiger partial charge < -0.3 is 5.11 Å². The summed E-state index contributed by atoms with van der Waals surface area (Å²) < 4.78 is 0. The second kappa shape index (κ2) is 2.87. The van der Waals surface area contributed by atoms with Crippen LogP contribution in [0.3, 0.4) is 0 Å². The van der Waals surface area contributed by atoms with Crippen molar-refractivity contribution >= 4 is 6.09 Å². The summed E-state index contributed by atoms with van der Waals surface area (Å²) in [5.74, 6) is 0. The van der Waals surface area contributed by atoms with E-state index < -0.39 is 6.09 Å². The van der Waals surface area contributed by atoms with Gasteiger partial charge in [-0.3, -0.25) is 4.90 Å². The molecule has 1 rings (SSSR count). The summed E-state index contributed by atoms with van der Waals surface area (Å²) >= 11 is 0. The summed E-state index contributed by atoms with van der Waals surface area (Å²) in [6.07, 6.45) is 8.82. The van der Waals surface area contributed by atoms with Crippen LogP contribution < -0.4 is 0 Å². The first kappa shape index (κ1) is 6.61. The van der Waals surface area contributed by atoms with Gasteiger partial charge in [0.1, 0.15) is 0 Å². The first-order valence-electron chi connectivity index (χ1n) is 2.83. The van der Waals surface area contributed by atoms with Crippen LogP contribution in [0, 0.1) is 0 Å². The molecule has 0 saturated heterocycles. The smallest absolute Gasteiger partial charge is 0.415 e. The van der Waals surface area contributed by atoms with Crippen molar-refractivity contribution in [2.45, 2.75) is 0 Å². The SMILES string of the molecule is O=C(O)N1C=CC=CC=C1. The maximum Gasteiger partial charge on any atom is 0.415 e. The van der Waals surface area contributed by atoms with Gasteiger partial charge in [0, 0.05) is 12.4 Å². The number of nitrogens with zero attached hydrogens (tertiary/aromatic N) is 1. The number of allylic oxidation sites excluding steroid dienone is 4. The number of amides is 1. The second-order valence-electron chi connectivity index (χ2n) is 1.76. The van der Waals surface area contributed by atoms with Crippen molar-refractivity contribution in [3.63, 3.8) is 0 Å². The van der Waals surface area contributed by atoms with Gasteiger partial charge in [-0.1, -0.05) is 12.2 Å². The van der Waals surface area contributed by atoms with Crippen molar-refractivity contribution in [1.82, 2.24) is 4.90 Å². The summed E-state index contributed by atoms with van der Waals surface area (Å²) in [6, 6.07) is 0. The third-order valence-corrected chi connectivity index (χ3v) is 1.05. The van der Waals surface area contributed by atoms with Crippen molar-refractivity contribution in [2.24, 2.45) is 0 Å². The van der Waals surface area contributed by atoms with Crippen molar-refractivity contribution in [3.05, 3.63) is 36.7 Å². The molecule has 0 fully saturated rings. The highest BCUT2D eigenvalue weighted by Gasteiger charge is 2.01. The summed E-state index contributed by atoms with van der Waals surface area (Å²) in [5, 5.41) is 8.46. The lowest BCUT2D eigenvalue weighted by atomic mass is 10.5. The Morgan fingerprint density at radius 2 is 1.60 bits per heavy atom. The molecule has 52 valence electrons. The molecule has 0 aromatic carbocycles. The lowest BCUT2D eigenvalue weighted by Gasteiger charge is -2.04. The number of hydrogen-bond donors (Lipinski definition) is 1. The lowest BCUT2D eigenvalue weighted by Crippen LogP contribution is -2.16. The molecule has 0 aromatic heterocycles. The van der Waals surface area contributed by atoms with Crippen LogP contribution in [-0.4, -0.2) is 16.1 Å². The third-order valence-electron chi connectivity index (χ3n) is 1.05. The van der Waals surface area contributed by atoms with Crippen molar-refractivity contribution in [1.29, 1.82) is 0 Å². The summed E-state index contributed by atoms with van der Waals surface area (Å²) in [5.41, 5.74) is 0. The Hall–Kier alpha value is -1.51. The van der Waals surface area contributed by atoms with Gasteiger partial charge in [-0.15, -0.1) is 0 Å². The molecule has 0 unspecified atom stereocenters. The zero-order valence-electron chi connectivity index (χ0n) is 5.27. The number of hydrogen-bond acceptors (Lipinski definition) is 1. The molecule has 1 amide bonds. The van der Waals surface area contributed by atoms with E-state index in [-0.39, 0.29) is 0 Å². The third kappa shape index (κ3) is 1.48. The Balaban J connectivity index is 2.72. The number of carboxylic acid groups (broad SMARTS) is 1. The van der Waals surface area contributed by atoms with E-state index in [1.54, 1.807) is 24.3 Å². The Morgan fingerprint density at radius 3 is 2.00 bits per heavy atom. The molecule has 0 aromatic rings. The molecule has 10 heavy (non-hydrogen) atoms. The predicted molar refractivity (Wildman–Crippen MR) is 37.3 cm³/mol. The van der Waals surface area contributed by atoms with E-state index in [0.29, 0.717) is 0 Å². The molecule has 1 heterocycles. The van der Waals surface area contributed by atoms with E-state index in [9.17, 15) is 4.79 Å². The Kier molecular flexibility index (Phi) is 1.89. The van der Waals surface area contributed by atoms with Gasteiger partial charge in [-0.2, -0.15) is 0 Å². The van der Waals surface area contributed by atoms with Crippen LogP contribution in [0.1, 0.15) is 0 Å². The van der Waals surface area contributed by atoms with Crippen LogP contribution in [0.4, 0.5) is 4.79 Å². The van der Waals surface area contributed by atoms with Crippen LogP contribution in [0.15, 0.2) is 36.7 Å². The molecule has 0 aliphatic carbocycles. The zero-order valence-corrected chi connectivity index (χ0v) is 5.27. The molecule has 0 spiro atoms. The Bertz CT molecular complexity index is 200. The summed E-state index contributed by atoms with van der Waals surface area (Å²) in [4.78, 5) is 11.4. The van der Waals surface area contributed by atoms with Crippen molar-refractivity contribution < 1.29 is 9.90 Å². The molecule has 3 heteroatoms. The minimum Gasteiger partial charge on any atom is -0.464 e. The summed E-state index contributed by atoms with van der Waals surface area (Å²) in [6.45, 7) is 0. The highest BCUT2D eigenvalue weighted by molar-refractivity contribution is 5.68. The fourth-order valence-electron chi connectivity index (χ4n) is 0.590. The maximum atomic E-state index is 10.3. The van der Waals surface area contributed by atoms with E-state index >= 15 is 0 Å². The zero-order chi connectivity index (χ0) is 7.40. The molecule has 0 atom stereocenters. The first-order chi connectivity index (χ1) is 4.80. The number of rotatable bonds is 0. The number of carbonyl (C=O) groups is 1. The largest absolute Gasteiger partial charge is 0.464 e. The molecule has 1 N–H and O–H groups in total. The van der Waals surface area contributed by atoms with Crippen molar-refractivity contribution in [2.75, 3.05) is 0 Å². The summed E-state index contributed by atoms with van der Waals surface area (Å²) in [7, 11) is 0. The maximum absolute atomic E-state index is 10.3. The van der Waals surface area contributed by atoms with E-state index in [1.165, 1.54) is 12.4 Å². The normalized spacial score (nSPS) is 15.4. The Morgan fingerprint density at radius 1 is 1.10 bits per heavy atom. The predicted octanol–water partition coefficient (Wildman–Crippen LogP) is 1.56. The lowest BCUT2D eigenvalue weighted by molar-refractivity contribution is 0.175. The first-order valence-corrected chi connectivity index (χ1v) is 2.83. The molecule has 1 aliphatic heterocycles. The van der Waals surface area contributed by atoms with Gasteiger partial charge in [0.2, 0.25) is 0 Å². The van der Waals surface area contributed by atoms with Crippen LogP contribution >= 0.6 is 0 Å². The second-order valence-corrected chi connectivity index (χ2v) is 1.76. The monoisotopic (exact) mass is 137 g/mol. The molecule has 3 nitrogen and oxygen atoms in total. The van der Waals surface area contributed by atoms with Gasteiger partial charge >= 0.3 is 6.09 Å². The molecule has 0 saturated carbocycles.